The number of amides is 1. The van der Waals surface area contributed by atoms with Gasteiger partial charge >= 0.3 is 0 Å². The van der Waals surface area contributed by atoms with Gasteiger partial charge in [0.05, 0.1) is 0 Å². The number of hydrogen-bond donors (Lipinski definition) is 1. The molecule has 0 heterocycles. The Morgan fingerprint density at radius 3 is 2.07 bits per heavy atom. The average Bonchev–Trinajstić information content (AvgIpc) is 2.68. The van der Waals surface area contributed by atoms with Gasteiger partial charge < -0.3 is 5.32 Å². The van der Waals surface area contributed by atoms with Crippen LogP contribution in [0, 0.1) is 5.92 Å². The molecule has 2 nitrogen and oxygen atoms in total. The van der Waals surface area contributed by atoms with Crippen molar-refractivity contribution >= 4 is 5.91 Å². The van der Waals surface area contributed by atoms with E-state index in [1.165, 1.54) is 102 Å². The summed E-state index contributed by atoms with van der Waals surface area (Å²) in [4.78, 5) is 12.9. The van der Waals surface area contributed by atoms with Crippen LogP contribution in [0.4, 0.5) is 0 Å². The summed E-state index contributed by atoms with van der Waals surface area (Å²) in [5.74, 6) is 0.535. The zero-order valence-corrected chi connectivity index (χ0v) is 18.4. The molecule has 160 valence electrons. The number of carbonyl (C=O) groups is 1. The molecule has 1 amide bonds. The van der Waals surface area contributed by atoms with E-state index in [4.69, 9.17) is 0 Å². The molecule has 1 unspecified atom stereocenters. The topological polar surface area (TPSA) is 29.1 Å². The Morgan fingerprint density at radius 2 is 1.29 bits per heavy atom. The number of hydrogen-bond acceptors (Lipinski definition) is 1. The predicted molar refractivity (Wildman–Crippen MR) is 121 cm³/mol. The maximum Gasteiger partial charge on any atom is 0.223 e. The zero-order valence-electron chi connectivity index (χ0n) is 18.4. The standard InChI is InChI=1S/C26H45NO/c28-26(25-21-17-13-9-5-2-6-10-14-18-22-25)27-23-24-19-15-11-7-3-1-4-8-12-16-20-24/h5,9,19,25H,1-4,6-8,10-18,20-23H2,(H,27,28)/b9-5-,24-19+. The van der Waals surface area contributed by atoms with E-state index >= 15 is 0 Å². The van der Waals surface area contributed by atoms with Crippen molar-refractivity contribution in [2.45, 2.75) is 122 Å². The monoisotopic (exact) mass is 387 g/mol. The van der Waals surface area contributed by atoms with Crippen LogP contribution in [0.25, 0.3) is 0 Å². The van der Waals surface area contributed by atoms with Crippen LogP contribution in [0.3, 0.4) is 0 Å². The molecule has 0 aliphatic heterocycles. The lowest BCUT2D eigenvalue weighted by atomic mass is 9.93. The van der Waals surface area contributed by atoms with Crippen LogP contribution in [0.1, 0.15) is 122 Å². The third kappa shape index (κ3) is 11.1. The summed E-state index contributed by atoms with van der Waals surface area (Å²) >= 11 is 0. The molecular weight excluding hydrogens is 342 g/mol. The molecule has 0 saturated carbocycles. The van der Waals surface area contributed by atoms with Crippen LogP contribution < -0.4 is 5.32 Å². The molecule has 1 atom stereocenters. The van der Waals surface area contributed by atoms with E-state index in [0.29, 0.717) is 5.91 Å². The summed E-state index contributed by atoms with van der Waals surface area (Å²) in [7, 11) is 0. The maximum absolute atomic E-state index is 12.9. The molecule has 1 N–H and O–H groups in total. The minimum Gasteiger partial charge on any atom is -0.352 e. The quantitative estimate of drug-likeness (QED) is 0.495. The fraction of sp³-hybridized carbons (Fsp3) is 0.808. The Bertz CT molecular complexity index is 465. The Hall–Kier alpha value is -1.05. The van der Waals surface area contributed by atoms with Gasteiger partial charge in [0.25, 0.3) is 0 Å². The third-order valence-electron chi connectivity index (χ3n) is 6.51. The second-order valence-corrected chi connectivity index (χ2v) is 9.04. The number of rotatable bonds is 3. The minimum atomic E-state index is 0.222. The highest BCUT2D eigenvalue weighted by atomic mass is 16.1. The first-order chi connectivity index (χ1) is 13.9. The molecule has 28 heavy (non-hydrogen) atoms. The van der Waals surface area contributed by atoms with E-state index in [1.54, 1.807) is 0 Å². The maximum atomic E-state index is 12.9. The summed E-state index contributed by atoms with van der Waals surface area (Å²) in [6.45, 7) is 0.787. The normalized spacial score (nSPS) is 27.6. The van der Waals surface area contributed by atoms with Crippen LogP contribution in [0.15, 0.2) is 23.8 Å². The second-order valence-electron chi connectivity index (χ2n) is 9.04. The Balaban J connectivity index is 1.80. The Kier molecular flexibility index (Phi) is 13.1. The van der Waals surface area contributed by atoms with Gasteiger partial charge in [-0.3, -0.25) is 4.79 Å². The van der Waals surface area contributed by atoms with Crippen molar-refractivity contribution in [1.29, 1.82) is 0 Å². The van der Waals surface area contributed by atoms with Gasteiger partial charge in [0.2, 0.25) is 5.91 Å². The molecule has 0 fully saturated rings. The van der Waals surface area contributed by atoms with Crippen LogP contribution in [-0.2, 0) is 4.79 Å². The molecule has 0 aromatic heterocycles. The lowest BCUT2D eigenvalue weighted by Gasteiger charge is -2.18. The minimum absolute atomic E-state index is 0.222. The van der Waals surface area contributed by atoms with Crippen LogP contribution in [0.2, 0.25) is 0 Å². The fourth-order valence-corrected chi connectivity index (χ4v) is 4.60. The van der Waals surface area contributed by atoms with E-state index in [2.05, 4.69) is 23.5 Å². The van der Waals surface area contributed by atoms with Crippen molar-refractivity contribution in [3.05, 3.63) is 23.8 Å². The van der Waals surface area contributed by atoms with Crippen molar-refractivity contribution in [2.75, 3.05) is 6.54 Å². The van der Waals surface area contributed by atoms with Gasteiger partial charge in [-0.15, -0.1) is 0 Å². The van der Waals surface area contributed by atoms with Crippen molar-refractivity contribution in [2.24, 2.45) is 5.92 Å². The molecule has 0 aromatic carbocycles. The molecule has 0 aromatic rings. The number of carbonyl (C=O) groups excluding carboxylic acids is 1. The summed E-state index contributed by atoms with van der Waals surface area (Å²) in [5, 5.41) is 3.32. The smallest absolute Gasteiger partial charge is 0.223 e. The Labute approximate surface area is 174 Å². The lowest BCUT2D eigenvalue weighted by molar-refractivity contribution is -0.125. The Morgan fingerprint density at radius 1 is 0.714 bits per heavy atom. The van der Waals surface area contributed by atoms with Crippen molar-refractivity contribution in [3.8, 4) is 0 Å². The van der Waals surface area contributed by atoms with Gasteiger partial charge in [-0.2, -0.15) is 0 Å². The number of nitrogens with one attached hydrogen (secondary N) is 1. The zero-order chi connectivity index (χ0) is 19.7. The van der Waals surface area contributed by atoms with E-state index in [1.807, 2.05) is 0 Å². The van der Waals surface area contributed by atoms with E-state index in [-0.39, 0.29) is 5.92 Å². The average molecular weight is 388 g/mol. The predicted octanol–water partition coefficient (Wildman–Crippen LogP) is 7.64. The van der Waals surface area contributed by atoms with Gasteiger partial charge in [0, 0.05) is 12.5 Å². The highest BCUT2D eigenvalue weighted by molar-refractivity contribution is 5.78. The highest BCUT2D eigenvalue weighted by Crippen LogP contribution is 2.20. The SMILES string of the molecule is O=C(NC/C1=C/CCCCCCCCCC1)C1CCC/C=C\CCCCCC1. The summed E-state index contributed by atoms with van der Waals surface area (Å²) in [5.41, 5.74) is 1.48. The van der Waals surface area contributed by atoms with E-state index in [0.717, 1.165) is 32.2 Å². The van der Waals surface area contributed by atoms with Gasteiger partial charge in [-0.25, -0.2) is 0 Å². The molecule has 2 aliphatic rings. The summed E-state index contributed by atoms with van der Waals surface area (Å²) in [6.07, 6.45) is 31.2. The van der Waals surface area contributed by atoms with E-state index < -0.39 is 0 Å². The van der Waals surface area contributed by atoms with Gasteiger partial charge in [-0.1, -0.05) is 81.6 Å². The molecule has 0 saturated heterocycles. The molecule has 2 rings (SSSR count). The molecular formula is C26H45NO. The summed E-state index contributed by atoms with van der Waals surface area (Å²) in [6, 6.07) is 0. The largest absolute Gasteiger partial charge is 0.352 e. The number of allylic oxidation sites excluding steroid dienone is 3. The summed E-state index contributed by atoms with van der Waals surface area (Å²) < 4.78 is 0. The molecule has 2 heteroatoms. The molecule has 0 radical (unpaired) electrons. The van der Waals surface area contributed by atoms with Crippen LogP contribution in [-0.4, -0.2) is 12.5 Å². The first-order valence-electron chi connectivity index (χ1n) is 12.5. The first-order valence-corrected chi connectivity index (χ1v) is 12.5. The second kappa shape index (κ2) is 15.8. The van der Waals surface area contributed by atoms with Crippen molar-refractivity contribution in [3.63, 3.8) is 0 Å². The fourth-order valence-electron chi connectivity index (χ4n) is 4.60. The molecule has 0 spiro atoms. The van der Waals surface area contributed by atoms with Gasteiger partial charge in [-0.05, 0) is 64.2 Å². The van der Waals surface area contributed by atoms with Gasteiger partial charge in [0.1, 0.15) is 0 Å². The lowest BCUT2D eigenvalue weighted by Crippen LogP contribution is -2.32. The van der Waals surface area contributed by atoms with Crippen LogP contribution in [0.5, 0.6) is 0 Å². The van der Waals surface area contributed by atoms with Gasteiger partial charge in [0.15, 0.2) is 0 Å². The van der Waals surface area contributed by atoms with Crippen molar-refractivity contribution in [1.82, 2.24) is 5.32 Å². The highest BCUT2D eigenvalue weighted by Gasteiger charge is 2.17. The van der Waals surface area contributed by atoms with Crippen molar-refractivity contribution < 1.29 is 4.79 Å². The molecule has 0 bridgehead atoms. The van der Waals surface area contributed by atoms with E-state index in [9.17, 15) is 4.79 Å². The van der Waals surface area contributed by atoms with Crippen LogP contribution >= 0.6 is 0 Å². The first kappa shape index (κ1) is 23.2. The third-order valence-corrected chi connectivity index (χ3v) is 6.51. The molecule has 2 aliphatic carbocycles.